The van der Waals surface area contributed by atoms with E-state index in [-0.39, 0.29) is 23.7 Å². The summed E-state index contributed by atoms with van der Waals surface area (Å²) in [4.78, 5) is 33.5. The van der Waals surface area contributed by atoms with Gasteiger partial charge in [0.1, 0.15) is 17.0 Å². The van der Waals surface area contributed by atoms with Gasteiger partial charge in [-0.05, 0) is 18.6 Å². The van der Waals surface area contributed by atoms with E-state index in [0.29, 0.717) is 23.3 Å². The third kappa shape index (κ3) is 3.23. The van der Waals surface area contributed by atoms with E-state index in [0.717, 1.165) is 12.8 Å². The second-order valence-corrected chi connectivity index (χ2v) is 5.61. The molecule has 25 heavy (non-hydrogen) atoms. The predicted octanol–water partition coefficient (Wildman–Crippen LogP) is 2.73. The molecule has 8 nitrogen and oxygen atoms in total. The van der Waals surface area contributed by atoms with Crippen LogP contribution in [0, 0.1) is 10.1 Å². The quantitative estimate of drug-likeness (QED) is 0.289. The van der Waals surface area contributed by atoms with Crippen LogP contribution in [0.5, 0.6) is 5.75 Å². The fourth-order valence-electron chi connectivity index (χ4n) is 2.45. The van der Waals surface area contributed by atoms with Crippen molar-refractivity contribution in [3.63, 3.8) is 0 Å². The van der Waals surface area contributed by atoms with Crippen molar-refractivity contribution in [2.45, 2.75) is 26.3 Å². The first-order valence-electron chi connectivity index (χ1n) is 7.88. The van der Waals surface area contributed by atoms with Gasteiger partial charge < -0.3 is 14.5 Å². The molecule has 2 aromatic carbocycles. The SMILES string of the molecule is CCCCOc1c(NCc2cc3cc([N+](=O)[O-])ccc3o2)c(=O)c1=O. The van der Waals surface area contributed by atoms with E-state index in [1.165, 1.54) is 18.2 Å². The van der Waals surface area contributed by atoms with Gasteiger partial charge in [0, 0.05) is 17.5 Å². The third-order valence-corrected chi connectivity index (χ3v) is 3.81. The standard InChI is InChI=1S/C17H16N2O6/c1-2-3-6-24-17-14(15(20)16(17)21)18-9-12-8-10-7-11(19(22)23)4-5-13(10)25-12/h4-5,7-8,18H,2-3,6,9H2,1H3. The van der Waals surface area contributed by atoms with Crippen molar-refractivity contribution in [3.8, 4) is 5.75 Å². The largest absolute Gasteiger partial charge is 0.487 e. The Hall–Kier alpha value is -3.16. The van der Waals surface area contributed by atoms with Gasteiger partial charge in [-0.25, -0.2) is 0 Å². The fraction of sp³-hybridized carbons (Fsp3) is 0.294. The van der Waals surface area contributed by atoms with Crippen LogP contribution in [-0.2, 0) is 6.54 Å². The van der Waals surface area contributed by atoms with Crippen molar-refractivity contribution in [3.05, 3.63) is 60.6 Å². The minimum atomic E-state index is -0.626. The van der Waals surface area contributed by atoms with E-state index in [1.54, 1.807) is 6.07 Å². The number of anilines is 1. The zero-order chi connectivity index (χ0) is 18.0. The lowest BCUT2D eigenvalue weighted by Crippen LogP contribution is -2.35. The molecule has 1 N–H and O–H groups in total. The molecule has 0 atom stereocenters. The highest BCUT2D eigenvalue weighted by molar-refractivity contribution is 5.80. The summed E-state index contributed by atoms with van der Waals surface area (Å²) in [6.45, 7) is 2.54. The Morgan fingerprint density at radius 2 is 2.04 bits per heavy atom. The smallest absolute Gasteiger partial charge is 0.272 e. The van der Waals surface area contributed by atoms with E-state index < -0.39 is 15.8 Å². The summed E-state index contributed by atoms with van der Waals surface area (Å²) in [5.74, 6) is 0.549. The normalized spacial score (nSPS) is 11.1. The lowest BCUT2D eigenvalue weighted by Gasteiger charge is -2.13. The Bertz CT molecular complexity index is 997. The first-order chi connectivity index (χ1) is 12.0. The highest BCUT2D eigenvalue weighted by atomic mass is 16.6. The molecule has 130 valence electrons. The zero-order valence-corrected chi connectivity index (χ0v) is 13.5. The maximum absolute atomic E-state index is 11.7. The highest BCUT2D eigenvalue weighted by Gasteiger charge is 2.22. The number of ether oxygens (including phenoxy) is 1. The van der Waals surface area contributed by atoms with Crippen LogP contribution in [0.2, 0.25) is 0 Å². The highest BCUT2D eigenvalue weighted by Crippen LogP contribution is 2.25. The molecule has 0 radical (unpaired) electrons. The Morgan fingerprint density at radius 1 is 1.24 bits per heavy atom. The van der Waals surface area contributed by atoms with Gasteiger partial charge in [0.15, 0.2) is 5.75 Å². The number of rotatable bonds is 8. The molecule has 8 heteroatoms. The van der Waals surface area contributed by atoms with Crippen molar-refractivity contribution < 1.29 is 14.1 Å². The molecule has 3 aromatic rings. The summed E-state index contributed by atoms with van der Waals surface area (Å²) in [5.41, 5.74) is -0.613. The Balaban J connectivity index is 1.73. The lowest BCUT2D eigenvalue weighted by atomic mass is 10.2. The van der Waals surface area contributed by atoms with Crippen molar-refractivity contribution in [2.24, 2.45) is 0 Å². The van der Waals surface area contributed by atoms with Crippen LogP contribution in [0.1, 0.15) is 25.5 Å². The average molecular weight is 344 g/mol. The molecule has 0 fully saturated rings. The summed E-state index contributed by atoms with van der Waals surface area (Å²) < 4.78 is 10.9. The molecule has 0 saturated heterocycles. The van der Waals surface area contributed by atoms with Gasteiger partial charge in [-0.15, -0.1) is 0 Å². The second kappa shape index (κ2) is 6.76. The minimum Gasteiger partial charge on any atom is -0.487 e. The van der Waals surface area contributed by atoms with Crippen LogP contribution in [0.3, 0.4) is 0 Å². The van der Waals surface area contributed by atoms with Gasteiger partial charge in [0.05, 0.1) is 18.1 Å². The van der Waals surface area contributed by atoms with E-state index in [1.807, 2.05) is 6.92 Å². The Morgan fingerprint density at radius 3 is 2.76 bits per heavy atom. The molecule has 3 rings (SSSR count). The number of furan rings is 1. The van der Waals surface area contributed by atoms with Crippen LogP contribution in [0.25, 0.3) is 11.0 Å². The number of unbranched alkanes of at least 4 members (excludes halogenated alkanes) is 1. The molecule has 0 saturated carbocycles. The number of benzene rings is 1. The topological polar surface area (TPSA) is 112 Å². The Kier molecular flexibility index (Phi) is 4.51. The van der Waals surface area contributed by atoms with Crippen molar-refractivity contribution in [2.75, 3.05) is 11.9 Å². The van der Waals surface area contributed by atoms with E-state index >= 15 is 0 Å². The maximum atomic E-state index is 11.7. The zero-order valence-electron chi connectivity index (χ0n) is 13.5. The van der Waals surface area contributed by atoms with E-state index in [4.69, 9.17) is 9.15 Å². The maximum Gasteiger partial charge on any atom is 0.272 e. The molecule has 0 bridgehead atoms. The van der Waals surface area contributed by atoms with Gasteiger partial charge in [-0.1, -0.05) is 13.3 Å². The number of hydrogen-bond acceptors (Lipinski definition) is 7. The first kappa shape index (κ1) is 16.7. The summed E-state index contributed by atoms with van der Waals surface area (Å²) in [6.07, 6.45) is 1.71. The van der Waals surface area contributed by atoms with Gasteiger partial charge >= 0.3 is 0 Å². The molecule has 1 aromatic heterocycles. The third-order valence-electron chi connectivity index (χ3n) is 3.81. The van der Waals surface area contributed by atoms with Gasteiger partial charge in [-0.2, -0.15) is 0 Å². The van der Waals surface area contributed by atoms with Gasteiger partial charge in [0.25, 0.3) is 16.5 Å². The molecule has 0 amide bonds. The van der Waals surface area contributed by atoms with Crippen molar-refractivity contribution in [1.29, 1.82) is 0 Å². The lowest BCUT2D eigenvalue weighted by molar-refractivity contribution is -0.384. The summed E-state index contributed by atoms with van der Waals surface area (Å²) in [5, 5.41) is 14.2. The molecular formula is C17H16N2O6. The monoisotopic (exact) mass is 344 g/mol. The fourth-order valence-corrected chi connectivity index (χ4v) is 2.45. The number of hydrogen-bond donors (Lipinski definition) is 1. The molecular weight excluding hydrogens is 328 g/mol. The summed E-state index contributed by atoms with van der Waals surface area (Å²) in [7, 11) is 0. The van der Waals surface area contributed by atoms with Crippen LogP contribution in [0.4, 0.5) is 11.4 Å². The van der Waals surface area contributed by atoms with Gasteiger partial charge in [0.2, 0.25) is 0 Å². The molecule has 0 aliphatic carbocycles. The number of non-ortho nitro benzene ring substituents is 1. The Labute approximate surface area is 141 Å². The first-order valence-corrected chi connectivity index (χ1v) is 7.88. The summed E-state index contributed by atoms with van der Waals surface area (Å²) >= 11 is 0. The van der Waals surface area contributed by atoms with Crippen molar-refractivity contribution >= 4 is 22.3 Å². The van der Waals surface area contributed by atoms with E-state index in [9.17, 15) is 19.7 Å². The number of fused-ring (bicyclic) bond motifs is 1. The molecule has 0 unspecified atom stereocenters. The van der Waals surface area contributed by atoms with Crippen molar-refractivity contribution in [1.82, 2.24) is 0 Å². The second-order valence-electron chi connectivity index (χ2n) is 5.61. The number of nitro benzene ring substituents is 1. The average Bonchev–Trinajstić information content (AvgIpc) is 3.01. The van der Waals surface area contributed by atoms with Crippen LogP contribution >= 0.6 is 0 Å². The predicted molar refractivity (Wildman–Crippen MR) is 92.0 cm³/mol. The molecule has 1 heterocycles. The van der Waals surface area contributed by atoms with Gasteiger partial charge in [-0.3, -0.25) is 19.7 Å². The summed E-state index contributed by atoms with van der Waals surface area (Å²) in [6, 6.07) is 5.95. The number of nitro groups is 1. The number of nitrogens with one attached hydrogen (secondary N) is 1. The van der Waals surface area contributed by atoms with E-state index in [2.05, 4.69) is 5.32 Å². The molecule has 0 aliphatic heterocycles. The number of nitrogens with zero attached hydrogens (tertiary/aromatic N) is 1. The minimum absolute atomic E-state index is 0.0260. The van der Waals surface area contributed by atoms with Crippen LogP contribution in [-0.4, -0.2) is 11.5 Å². The van der Waals surface area contributed by atoms with Crippen LogP contribution < -0.4 is 20.9 Å². The molecule has 0 aliphatic rings. The molecule has 0 spiro atoms. The van der Waals surface area contributed by atoms with Crippen LogP contribution in [0.15, 0.2) is 38.3 Å².